The molecule has 0 heterocycles. The van der Waals surface area contributed by atoms with Gasteiger partial charge in [-0.1, -0.05) is 54.6 Å². The second-order valence-electron chi connectivity index (χ2n) is 6.30. The number of carbonyl (C=O) groups is 1. The van der Waals surface area contributed by atoms with Gasteiger partial charge < -0.3 is 10.1 Å². The molecule has 3 heteroatoms. The molecule has 0 aromatic heterocycles. The lowest BCUT2D eigenvalue weighted by molar-refractivity contribution is -0.140. The molecule has 0 aliphatic heterocycles. The highest BCUT2D eigenvalue weighted by atomic mass is 16.5. The monoisotopic (exact) mass is 325 g/mol. The Kier molecular flexibility index (Phi) is 7.01. The maximum Gasteiger partial charge on any atom is 0.305 e. The number of hydrogen-bond donors (Lipinski definition) is 1. The normalized spacial score (nSPS) is 13.3. The van der Waals surface area contributed by atoms with Crippen LogP contribution in [0.5, 0.6) is 0 Å². The average molecular weight is 325 g/mol. The molecular weight excluding hydrogens is 298 g/mol. The predicted molar refractivity (Wildman–Crippen MR) is 97.9 cm³/mol. The van der Waals surface area contributed by atoms with Crippen LogP contribution in [-0.2, 0) is 22.4 Å². The summed E-state index contributed by atoms with van der Waals surface area (Å²) in [6, 6.07) is 19.6. The summed E-state index contributed by atoms with van der Waals surface area (Å²) in [6.07, 6.45) is 2.12. The Morgan fingerprint density at radius 2 is 1.75 bits per heavy atom. The molecule has 128 valence electrons. The summed E-state index contributed by atoms with van der Waals surface area (Å²) in [4.78, 5) is 11.3. The molecule has 3 nitrogen and oxygen atoms in total. The van der Waals surface area contributed by atoms with E-state index in [0.717, 1.165) is 12.8 Å². The van der Waals surface area contributed by atoms with Crippen LogP contribution >= 0.6 is 0 Å². The van der Waals surface area contributed by atoms with Crippen molar-refractivity contribution in [1.82, 2.24) is 5.32 Å². The number of hydrogen-bond acceptors (Lipinski definition) is 3. The molecule has 0 aliphatic carbocycles. The quantitative estimate of drug-likeness (QED) is 0.743. The highest BCUT2D eigenvalue weighted by Gasteiger charge is 2.10. The predicted octanol–water partition coefficient (Wildman–Crippen LogP) is 4.07. The van der Waals surface area contributed by atoms with Crippen molar-refractivity contribution in [1.29, 1.82) is 0 Å². The molecule has 0 aliphatic rings. The number of esters is 1. The highest BCUT2D eigenvalue weighted by Crippen LogP contribution is 2.15. The summed E-state index contributed by atoms with van der Waals surface area (Å²) < 4.78 is 4.70. The van der Waals surface area contributed by atoms with Crippen molar-refractivity contribution in [3.63, 3.8) is 0 Å². The van der Waals surface area contributed by atoms with Crippen LogP contribution in [0.2, 0.25) is 0 Å². The van der Waals surface area contributed by atoms with Crippen LogP contribution in [0.4, 0.5) is 0 Å². The molecule has 2 atom stereocenters. The second-order valence-corrected chi connectivity index (χ2v) is 6.30. The van der Waals surface area contributed by atoms with E-state index in [1.54, 1.807) is 0 Å². The smallest absolute Gasteiger partial charge is 0.305 e. The van der Waals surface area contributed by atoms with Crippen molar-refractivity contribution in [3.8, 4) is 0 Å². The van der Waals surface area contributed by atoms with E-state index in [1.807, 2.05) is 6.07 Å². The molecule has 0 fully saturated rings. The molecule has 0 bridgehead atoms. The van der Waals surface area contributed by atoms with E-state index in [9.17, 15) is 4.79 Å². The van der Waals surface area contributed by atoms with Gasteiger partial charge in [-0.15, -0.1) is 0 Å². The van der Waals surface area contributed by atoms with Gasteiger partial charge in [0.05, 0.1) is 7.11 Å². The standard InChI is InChI=1S/C21H27NO2/c1-16(22-17(2)20-10-5-4-6-11-20)14-19-9-7-8-18(15-19)12-13-21(23)24-3/h4-11,15-17,22H,12-14H2,1-3H3/t16?,17-/m1/s1. The van der Waals surface area contributed by atoms with Crippen molar-refractivity contribution in [2.45, 2.75) is 45.2 Å². The maximum atomic E-state index is 11.3. The zero-order valence-electron chi connectivity index (χ0n) is 14.8. The number of carbonyl (C=O) groups excluding carboxylic acids is 1. The fourth-order valence-electron chi connectivity index (χ4n) is 2.94. The highest BCUT2D eigenvalue weighted by molar-refractivity contribution is 5.69. The molecule has 1 N–H and O–H groups in total. The van der Waals surface area contributed by atoms with Gasteiger partial charge in [-0.05, 0) is 43.4 Å². The summed E-state index contributed by atoms with van der Waals surface area (Å²) in [7, 11) is 1.43. The zero-order chi connectivity index (χ0) is 17.4. The van der Waals surface area contributed by atoms with Crippen LogP contribution in [0.3, 0.4) is 0 Å². The minimum absolute atomic E-state index is 0.160. The Hall–Kier alpha value is -2.13. The van der Waals surface area contributed by atoms with Crippen LogP contribution < -0.4 is 5.32 Å². The van der Waals surface area contributed by atoms with Crippen LogP contribution in [0.25, 0.3) is 0 Å². The number of aryl methyl sites for hydroxylation is 1. The Morgan fingerprint density at radius 1 is 1.04 bits per heavy atom. The molecule has 0 radical (unpaired) electrons. The summed E-state index contributed by atoms with van der Waals surface area (Å²) in [5.74, 6) is -0.160. The van der Waals surface area contributed by atoms with E-state index in [4.69, 9.17) is 4.74 Å². The molecular formula is C21H27NO2. The van der Waals surface area contributed by atoms with Gasteiger partial charge in [-0.25, -0.2) is 0 Å². The third kappa shape index (κ3) is 5.82. The van der Waals surface area contributed by atoms with Crippen molar-refractivity contribution in [2.24, 2.45) is 0 Å². The molecule has 2 rings (SSSR count). The van der Waals surface area contributed by atoms with Crippen LogP contribution in [-0.4, -0.2) is 19.1 Å². The first-order valence-electron chi connectivity index (χ1n) is 8.54. The molecule has 0 amide bonds. The Bertz CT molecular complexity index is 639. The largest absolute Gasteiger partial charge is 0.469 e. The molecule has 0 spiro atoms. The summed E-state index contributed by atoms with van der Waals surface area (Å²) in [5, 5.41) is 3.65. The van der Waals surface area contributed by atoms with Gasteiger partial charge in [-0.3, -0.25) is 4.79 Å². The Labute approximate surface area is 145 Å². The van der Waals surface area contributed by atoms with Crippen LogP contribution in [0.15, 0.2) is 54.6 Å². The van der Waals surface area contributed by atoms with E-state index in [-0.39, 0.29) is 5.97 Å². The lowest BCUT2D eigenvalue weighted by atomic mass is 10.0. The van der Waals surface area contributed by atoms with Crippen LogP contribution in [0, 0.1) is 0 Å². The second kappa shape index (κ2) is 9.24. The molecule has 24 heavy (non-hydrogen) atoms. The summed E-state index contributed by atoms with van der Waals surface area (Å²) in [5.41, 5.74) is 3.77. The average Bonchev–Trinajstić information content (AvgIpc) is 2.60. The van der Waals surface area contributed by atoms with E-state index in [1.165, 1.54) is 23.8 Å². The van der Waals surface area contributed by atoms with Gasteiger partial charge in [0.1, 0.15) is 0 Å². The summed E-state index contributed by atoms with van der Waals surface area (Å²) in [6.45, 7) is 4.40. The van der Waals surface area contributed by atoms with Crippen molar-refractivity contribution in [3.05, 3.63) is 71.3 Å². The van der Waals surface area contributed by atoms with E-state index >= 15 is 0 Å². The number of nitrogens with one attached hydrogen (secondary N) is 1. The Balaban J connectivity index is 1.89. The third-order valence-corrected chi connectivity index (χ3v) is 4.21. The minimum atomic E-state index is -0.160. The Morgan fingerprint density at radius 3 is 2.46 bits per heavy atom. The van der Waals surface area contributed by atoms with Crippen molar-refractivity contribution in [2.75, 3.05) is 7.11 Å². The lowest BCUT2D eigenvalue weighted by Crippen LogP contribution is -2.30. The van der Waals surface area contributed by atoms with Crippen molar-refractivity contribution < 1.29 is 9.53 Å². The van der Waals surface area contributed by atoms with Gasteiger partial charge in [0.2, 0.25) is 0 Å². The summed E-state index contributed by atoms with van der Waals surface area (Å²) >= 11 is 0. The van der Waals surface area contributed by atoms with E-state index in [0.29, 0.717) is 18.5 Å². The number of methoxy groups -OCH3 is 1. The molecule has 2 aromatic rings. The van der Waals surface area contributed by atoms with Gasteiger partial charge >= 0.3 is 5.97 Å². The van der Waals surface area contributed by atoms with E-state index in [2.05, 4.69) is 67.7 Å². The van der Waals surface area contributed by atoms with Gasteiger partial charge in [0, 0.05) is 18.5 Å². The van der Waals surface area contributed by atoms with Gasteiger partial charge in [-0.2, -0.15) is 0 Å². The van der Waals surface area contributed by atoms with E-state index < -0.39 is 0 Å². The maximum absolute atomic E-state index is 11.3. The van der Waals surface area contributed by atoms with Gasteiger partial charge in [0.15, 0.2) is 0 Å². The van der Waals surface area contributed by atoms with Gasteiger partial charge in [0.25, 0.3) is 0 Å². The number of ether oxygens (including phenoxy) is 1. The number of rotatable bonds is 8. The fourth-order valence-corrected chi connectivity index (χ4v) is 2.94. The topological polar surface area (TPSA) is 38.3 Å². The fraction of sp³-hybridized carbons (Fsp3) is 0.381. The number of benzene rings is 2. The molecule has 0 saturated carbocycles. The first-order chi connectivity index (χ1) is 11.6. The molecule has 1 unspecified atom stereocenters. The first kappa shape index (κ1) is 18.2. The molecule has 2 aromatic carbocycles. The zero-order valence-corrected chi connectivity index (χ0v) is 14.8. The van der Waals surface area contributed by atoms with Crippen LogP contribution in [0.1, 0.15) is 43.0 Å². The minimum Gasteiger partial charge on any atom is -0.469 e. The van der Waals surface area contributed by atoms with Crippen molar-refractivity contribution >= 4 is 5.97 Å². The third-order valence-electron chi connectivity index (χ3n) is 4.21. The first-order valence-corrected chi connectivity index (χ1v) is 8.54. The molecule has 0 saturated heterocycles. The SMILES string of the molecule is COC(=O)CCc1cccc(CC(C)N[C@H](C)c2ccccc2)c1. The lowest BCUT2D eigenvalue weighted by Gasteiger charge is -2.20.